The molecule has 0 unspecified atom stereocenters. The minimum Gasteiger partial charge on any atom is -0.325 e. The number of hydrogen-bond donors (Lipinski definition) is 1. The first-order valence-electron chi connectivity index (χ1n) is 7.79. The van der Waals surface area contributed by atoms with Gasteiger partial charge in [-0.15, -0.1) is 5.10 Å². The van der Waals surface area contributed by atoms with Crippen LogP contribution in [0.25, 0.3) is 17.8 Å². The van der Waals surface area contributed by atoms with E-state index in [9.17, 15) is 0 Å². The number of nitrogens with zero attached hydrogens (tertiary/aromatic N) is 3. The Hall–Kier alpha value is -2.72. The van der Waals surface area contributed by atoms with E-state index >= 15 is 0 Å². The first-order chi connectivity index (χ1) is 11.3. The molecule has 3 aromatic rings. The van der Waals surface area contributed by atoms with Crippen molar-refractivity contribution in [3.8, 4) is 5.69 Å². The van der Waals surface area contributed by atoms with Gasteiger partial charge in [-0.05, 0) is 29.7 Å². The zero-order chi connectivity index (χ0) is 16.1. The number of nitrogens with two attached hydrogens (primary N) is 1. The topological polar surface area (TPSA) is 56.7 Å². The molecule has 2 N–H and O–H groups in total. The van der Waals surface area contributed by atoms with Crippen molar-refractivity contribution in [2.24, 2.45) is 5.73 Å². The number of hydrogen-bond acceptors (Lipinski definition) is 3. The van der Waals surface area contributed by atoms with Crippen molar-refractivity contribution < 1.29 is 0 Å². The molecule has 0 saturated heterocycles. The Morgan fingerprint density at radius 2 is 1.74 bits per heavy atom. The Bertz CT molecular complexity index is 803. The highest BCUT2D eigenvalue weighted by Gasteiger charge is 2.12. The van der Waals surface area contributed by atoms with Crippen molar-refractivity contribution in [1.29, 1.82) is 0 Å². The fourth-order valence-electron chi connectivity index (χ4n) is 2.57. The summed E-state index contributed by atoms with van der Waals surface area (Å²) in [6, 6.07) is 18.4. The summed E-state index contributed by atoms with van der Waals surface area (Å²) in [5.74, 6) is 0. The Balaban J connectivity index is 2.06. The smallest absolute Gasteiger partial charge is 0.104 e. The van der Waals surface area contributed by atoms with Gasteiger partial charge >= 0.3 is 0 Å². The second-order valence-electron chi connectivity index (χ2n) is 5.26. The highest BCUT2D eigenvalue weighted by atomic mass is 15.4. The molecule has 0 radical (unpaired) electrons. The van der Waals surface area contributed by atoms with Crippen LogP contribution in [-0.2, 0) is 13.0 Å². The lowest BCUT2D eigenvalue weighted by atomic mass is 10.1. The molecule has 1 heterocycles. The molecule has 1 aromatic heterocycles. The van der Waals surface area contributed by atoms with E-state index in [4.69, 9.17) is 5.73 Å². The van der Waals surface area contributed by atoms with Crippen molar-refractivity contribution in [2.75, 3.05) is 0 Å². The third-order valence-electron chi connectivity index (χ3n) is 3.81. The predicted octanol–water partition coefficient (Wildman–Crippen LogP) is 3.46. The van der Waals surface area contributed by atoms with Gasteiger partial charge in [0.1, 0.15) is 5.69 Å². The molecule has 2 aromatic carbocycles. The summed E-state index contributed by atoms with van der Waals surface area (Å²) in [7, 11) is 0. The molecule has 0 saturated carbocycles. The lowest BCUT2D eigenvalue weighted by Crippen LogP contribution is -2.04. The molecular weight excluding hydrogens is 284 g/mol. The van der Waals surface area contributed by atoms with Crippen molar-refractivity contribution in [2.45, 2.75) is 19.9 Å². The van der Waals surface area contributed by atoms with E-state index in [0.29, 0.717) is 6.54 Å². The largest absolute Gasteiger partial charge is 0.325 e. The third-order valence-corrected chi connectivity index (χ3v) is 3.81. The molecule has 116 valence electrons. The zero-order valence-electron chi connectivity index (χ0n) is 13.2. The van der Waals surface area contributed by atoms with Gasteiger partial charge in [-0.2, -0.15) is 0 Å². The first-order valence-corrected chi connectivity index (χ1v) is 7.79. The molecule has 0 fully saturated rings. The van der Waals surface area contributed by atoms with Gasteiger partial charge in [-0.1, -0.05) is 66.7 Å². The minimum absolute atomic E-state index is 0.364. The van der Waals surface area contributed by atoms with Crippen molar-refractivity contribution in [3.05, 3.63) is 77.1 Å². The maximum absolute atomic E-state index is 5.83. The molecule has 0 aliphatic heterocycles. The Kier molecular flexibility index (Phi) is 4.64. The van der Waals surface area contributed by atoms with Crippen molar-refractivity contribution in [1.82, 2.24) is 15.0 Å². The molecule has 0 bridgehead atoms. The summed E-state index contributed by atoms with van der Waals surface area (Å²) >= 11 is 0. The van der Waals surface area contributed by atoms with Gasteiger partial charge in [0.25, 0.3) is 0 Å². The monoisotopic (exact) mass is 304 g/mol. The van der Waals surface area contributed by atoms with Crippen LogP contribution >= 0.6 is 0 Å². The molecular formula is C19H20N4. The predicted molar refractivity (Wildman–Crippen MR) is 94.0 cm³/mol. The Morgan fingerprint density at radius 1 is 1.00 bits per heavy atom. The van der Waals surface area contributed by atoms with Crippen LogP contribution in [0.1, 0.15) is 29.4 Å². The van der Waals surface area contributed by atoms with Crippen LogP contribution < -0.4 is 5.73 Å². The van der Waals surface area contributed by atoms with E-state index in [1.54, 1.807) is 0 Å². The Labute approximate surface area is 136 Å². The van der Waals surface area contributed by atoms with Crippen LogP contribution in [0.15, 0.2) is 54.6 Å². The second kappa shape index (κ2) is 7.03. The summed E-state index contributed by atoms with van der Waals surface area (Å²) in [4.78, 5) is 0. The fraction of sp³-hybridized carbons (Fsp3) is 0.158. The fourth-order valence-corrected chi connectivity index (χ4v) is 2.57. The third kappa shape index (κ3) is 3.22. The minimum atomic E-state index is 0.364. The molecule has 0 aliphatic rings. The van der Waals surface area contributed by atoms with E-state index in [1.807, 2.05) is 41.1 Å². The van der Waals surface area contributed by atoms with Crippen LogP contribution in [0, 0.1) is 0 Å². The van der Waals surface area contributed by atoms with Crippen LogP contribution in [-0.4, -0.2) is 15.0 Å². The number of aromatic nitrogens is 3. The molecule has 0 aliphatic carbocycles. The second-order valence-corrected chi connectivity index (χ2v) is 5.26. The average molecular weight is 304 g/mol. The van der Waals surface area contributed by atoms with Crippen LogP contribution in [0.5, 0.6) is 0 Å². The maximum atomic E-state index is 5.83. The van der Waals surface area contributed by atoms with E-state index < -0.39 is 0 Å². The lowest BCUT2D eigenvalue weighted by Gasteiger charge is -2.09. The van der Waals surface area contributed by atoms with Crippen LogP contribution in [0.2, 0.25) is 0 Å². The van der Waals surface area contributed by atoms with E-state index in [2.05, 4.69) is 47.6 Å². The lowest BCUT2D eigenvalue weighted by molar-refractivity contribution is 0.784. The molecule has 23 heavy (non-hydrogen) atoms. The van der Waals surface area contributed by atoms with Gasteiger partial charge in [0.05, 0.1) is 11.4 Å². The number of aryl methyl sites for hydroxylation is 1. The molecule has 3 rings (SSSR count). The zero-order valence-corrected chi connectivity index (χ0v) is 13.2. The van der Waals surface area contributed by atoms with E-state index in [0.717, 1.165) is 29.1 Å². The molecule has 4 nitrogen and oxygen atoms in total. The van der Waals surface area contributed by atoms with Gasteiger partial charge in [0, 0.05) is 6.54 Å². The number of para-hydroxylation sites is 1. The first kappa shape index (κ1) is 15.2. The summed E-state index contributed by atoms with van der Waals surface area (Å²) in [6.07, 6.45) is 5.03. The highest BCUT2D eigenvalue weighted by Crippen LogP contribution is 2.19. The van der Waals surface area contributed by atoms with E-state index in [1.165, 1.54) is 5.56 Å². The van der Waals surface area contributed by atoms with E-state index in [-0.39, 0.29) is 0 Å². The van der Waals surface area contributed by atoms with Crippen LogP contribution in [0.4, 0.5) is 0 Å². The summed E-state index contributed by atoms with van der Waals surface area (Å²) in [6.45, 7) is 2.50. The molecule has 0 atom stereocenters. The standard InChI is InChI=1S/C19H20N4/c1-2-16-10-6-7-11-18(16)23-19(17(14-20)21-22-23)13-12-15-8-4-3-5-9-15/h3-13H,2,14,20H2,1H3/b13-12+. The van der Waals surface area contributed by atoms with Gasteiger partial charge in [0.15, 0.2) is 0 Å². The quantitative estimate of drug-likeness (QED) is 0.785. The SMILES string of the molecule is CCc1ccccc1-n1nnc(CN)c1/C=C/c1ccccc1. The Morgan fingerprint density at radius 3 is 2.48 bits per heavy atom. The molecule has 0 amide bonds. The summed E-state index contributed by atoms with van der Waals surface area (Å²) in [5, 5.41) is 8.55. The van der Waals surface area contributed by atoms with Gasteiger partial charge in [-0.25, -0.2) is 4.68 Å². The highest BCUT2D eigenvalue weighted by molar-refractivity contribution is 5.70. The van der Waals surface area contributed by atoms with Crippen LogP contribution in [0.3, 0.4) is 0 Å². The number of rotatable bonds is 5. The maximum Gasteiger partial charge on any atom is 0.104 e. The van der Waals surface area contributed by atoms with Gasteiger partial charge < -0.3 is 5.73 Å². The molecule has 0 spiro atoms. The van der Waals surface area contributed by atoms with Gasteiger partial charge in [-0.3, -0.25) is 0 Å². The van der Waals surface area contributed by atoms with Gasteiger partial charge in [0.2, 0.25) is 0 Å². The van der Waals surface area contributed by atoms with Crippen molar-refractivity contribution >= 4 is 12.2 Å². The normalized spacial score (nSPS) is 11.2. The molecule has 4 heteroatoms. The summed E-state index contributed by atoms with van der Waals surface area (Å²) in [5.41, 5.74) is 11.0. The van der Waals surface area contributed by atoms with Crippen molar-refractivity contribution in [3.63, 3.8) is 0 Å². The average Bonchev–Trinajstić information content (AvgIpc) is 3.03. The summed E-state index contributed by atoms with van der Waals surface area (Å²) < 4.78 is 1.88. The number of benzene rings is 2.